The van der Waals surface area contributed by atoms with Crippen LogP contribution in [0.5, 0.6) is 0 Å². The average molecular weight is 493 g/mol. The van der Waals surface area contributed by atoms with Crippen LogP contribution < -0.4 is 3.71 Å². The Kier molecular flexibility index (Phi) is 5.52. The number of nitrogens with one attached hydrogen (secondary N) is 1. The van der Waals surface area contributed by atoms with Gasteiger partial charge in [0.15, 0.2) is 5.82 Å². The molecule has 0 radical (unpaired) electrons. The van der Waals surface area contributed by atoms with Gasteiger partial charge in [0.25, 0.3) is 9.84 Å². The number of alkyl halides is 9. The lowest BCUT2D eigenvalue weighted by molar-refractivity contribution is -0.0463. The van der Waals surface area contributed by atoms with Gasteiger partial charge in [-0.05, 0) is 6.92 Å². The lowest BCUT2D eigenvalue weighted by Crippen LogP contribution is -2.50. The fourth-order valence-electron chi connectivity index (χ4n) is 1.51. The van der Waals surface area contributed by atoms with Gasteiger partial charge in [-0.1, -0.05) is 0 Å². The van der Waals surface area contributed by atoms with E-state index in [1.54, 1.807) is 0 Å². The molecular weight excluding hydrogens is 489 g/mol. The SMILES string of the molecule is Cc1[nH]nc(N(S(=O)(=O)C(F)(F)F)S(=O)(=O)C(F)(F)F)c1S(=O)(=O)C(F)(F)F. The summed E-state index contributed by atoms with van der Waals surface area (Å²) in [5.41, 5.74) is -21.4. The Morgan fingerprint density at radius 2 is 1.11 bits per heavy atom. The second-order valence-corrected chi connectivity index (χ2v) is 10.2. The van der Waals surface area contributed by atoms with E-state index in [9.17, 15) is 64.8 Å². The van der Waals surface area contributed by atoms with Gasteiger partial charge in [0, 0.05) is 0 Å². The lowest BCUT2D eigenvalue weighted by atomic mass is 10.5. The van der Waals surface area contributed by atoms with Crippen LogP contribution in [0.1, 0.15) is 5.69 Å². The first-order valence-corrected chi connectivity index (χ1v) is 10.2. The molecule has 1 rings (SSSR count). The number of halogens is 9. The number of sulfonamides is 2. The molecule has 1 aromatic rings. The summed E-state index contributed by atoms with van der Waals surface area (Å²) in [6.07, 6.45) is 0. The molecule has 28 heavy (non-hydrogen) atoms. The van der Waals surface area contributed by atoms with Crippen molar-refractivity contribution >= 4 is 35.7 Å². The van der Waals surface area contributed by atoms with Crippen molar-refractivity contribution in [1.29, 1.82) is 0 Å². The molecular formula is C7H4F9N3O6S3. The number of nitrogens with zero attached hydrogens (tertiary/aromatic N) is 2. The van der Waals surface area contributed by atoms with E-state index in [1.165, 1.54) is 5.10 Å². The van der Waals surface area contributed by atoms with E-state index in [2.05, 4.69) is 5.10 Å². The van der Waals surface area contributed by atoms with Crippen molar-refractivity contribution < 1.29 is 64.8 Å². The van der Waals surface area contributed by atoms with Crippen LogP contribution in [-0.4, -0.2) is 52.0 Å². The molecule has 0 saturated carbocycles. The predicted molar refractivity (Wildman–Crippen MR) is 69.0 cm³/mol. The minimum Gasteiger partial charge on any atom is -0.279 e. The summed E-state index contributed by atoms with van der Waals surface area (Å²) < 4.78 is 180. The van der Waals surface area contributed by atoms with Crippen LogP contribution >= 0.6 is 0 Å². The first-order valence-electron chi connectivity index (χ1n) is 5.80. The van der Waals surface area contributed by atoms with Crippen molar-refractivity contribution in [2.45, 2.75) is 28.3 Å². The third kappa shape index (κ3) is 3.60. The van der Waals surface area contributed by atoms with E-state index >= 15 is 0 Å². The van der Waals surface area contributed by atoms with E-state index in [1.807, 2.05) is 0 Å². The molecule has 0 bridgehead atoms. The van der Waals surface area contributed by atoms with Gasteiger partial charge in [-0.25, -0.2) is 8.42 Å². The predicted octanol–water partition coefficient (Wildman–Crippen LogP) is 1.52. The van der Waals surface area contributed by atoms with Gasteiger partial charge < -0.3 is 0 Å². The summed E-state index contributed by atoms with van der Waals surface area (Å²) in [6, 6.07) is 0. The molecule has 0 atom stereocenters. The van der Waals surface area contributed by atoms with E-state index in [4.69, 9.17) is 0 Å². The standard InChI is InChI=1S/C7H4F9N3O6S3/c1-2-3(26(20,21)5(8,9)10)4(18-17-2)19(27(22,23)6(11,12)13)28(24,25)7(14,15)16/h1H3,(H,17,18). The van der Waals surface area contributed by atoms with Gasteiger partial charge in [-0.2, -0.15) is 61.4 Å². The topological polar surface area (TPSA) is 134 Å². The molecule has 0 saturated heterocycles. The molecule has 21 heteroatoms. The van der Waals surface area contributed by atoms with Crippen LogP contribution in [0.25, 0.3) is 0 Å². The van der Waals surface area contributed by atoms with Gasteiger partial charge in [0.2, 0.25) is 0 Å². The largest absolute Gasteiger partial charge is 0.517 e. The van der Waals surface area contributed by atoms with Crippen LogP contribution in [0.2, 0.25) is 0 Å². The minimum absolute atomic E-state index is 0.341. The summed E-state index contributed by atoms with van der Waals surface area (Å²) in [6.45, 7) is 0.341. The molecule has 0 aliphatic heterocycles. The molecule has 1 N–H and O–H groups in total. The first-order chi connectivity index (χ1) is 12.0. The van der Waals surface area contributed by atoms with E-state index in [0.717, 1.165) is 0 Å². The smallest absolute Gasteiger partial charge is 0.279 e. The highest BCUT2D eigenvalue weighted by molar-refractivity contribution is 8.11. The van der Waals surface area contributed by atoms with Crippen LogP contribution in [-0.2, 0) is 29.9 Å². The second kappa shape index (κ2) is 6.37. The van der Waals surface area contributed by atoms with Crippen molar-refractivity contribution in [1.82, 2.24) is 10.2 Å². The van der Waals surface area contributed by atoms with Crippen LogP contribution in [0.4, 0.5) is 45.3 Å². The van der Waals surface area contributed by atoms with Gasteiger partial charge in [-0.15, -0.1) is 3.71 Å². The summed E-state index contributed by atoms with van der Waals surface area (Å²) in [4.78, 5) is -2.57. The number of H-pyrrole nitrogens is 1. The number of rotatable bonds is 4. The molecule has 0 fully saturated rings. The molecule has 0 amide bonds. The van der Waals surface area contributed by atoms with Crippen LogP contribution in [0.15, 0.2) is 4.90 Å². The van der Waals surface area contributed by atoms with E-state index in [0.29, 0.717) is 6.92 Å². The molecule has 1 aromatic heterocycles. The first kappa shape index (κ1) is 24.3. The normalized spacial score (nSPS) is 14.9. The quantitative estimate of drug-likeness (QED) is 0.629. The summed E-state index contributed by atoms with van der Waals surface area (Å²) in [7, 11) is -22.1. The number of aromatic amines is 1. The zero-order valence-electron chi connectivity index (χ0n) is 12.5. The highest BCUT2D eigenvalue weighted by atomic mass is 32.3. The number of sulfone groups is 1. The number of aromatic nitrogens is 2. The van der Waals surface area contributed by atoms with E-state index < -0.39 is 66.5 Å². The van der Waals surface area contributed by atoms with E-state index in [-0.39, 0.29) is 0 Å². The van der Waals surface area contributed by atoms with Crippen molar-refractivity contribution in [3.8, 4) is 0 Å². The number of hydrogen-bond donors (Lipinski definition) is 1. The Morgan fingerprint density at radius 1 is 0.750 bits per heavy atom. The summed E-state index contributed by atoms with van der Waals surface area (Å²) >= 11 is 0. The van der Waals surface area contributed by atoms with Crippen molar-refractivity contribution in [2.75, 3.05) is 3.71 Å². The molecule has 9 nitrogen and oxygen atoms in total. The molecule has 164 valence electrons. The number of anilines is 1. The van der Waals surface area contributed by atoms with Gasteiger partial charge in [0.1, 0.15) is 4.90 Å². The van der Waals surface area contributed by atoms with Crippen molar-refractivity contribution in [3.63, 3.8) is 0 Å². The Labute approximate surface area is 149 Å². The maximum Gasteiger partial charge on any atom is 0.517 e. The summed E-state index contributed by atoms with van der Waals surface area (Å²) in [5, 5.41) is 3.53. The molecule has 1 heterocycles. The Morgan fingerprint density at radius 3 is 1.39 bits per heavy atom. The second-order valence-electron chi connectivity index (χ2n) is 4.55. The van der Waals surface area contributed by atoms with Gasteiger partial charge in [0.05, 0.1) is 5.69 Å². The van der Waals surface area contributed by atoms with Crippen molar-refractivity contribution in [3.05, 3.63) is 5.69 Å². The molecule has 0 aromatic carbocycles. The maximum absolute atomic E-state index is 12.7. The Balaban J connectivity index is 4.16. The Bertz CT molecular complexity index is 1030. The monoisotopic (exact) mass is 493 g/mol. The fraction of sp³-hybridized carbons (Fsp3) is 0.571. The molecule has 0 aliphatic carbocycles. The zero-order valence-corrected chi connectivity index (χ0v) is 14.9. The van der Waals surface area contributed by atoms with Gasteiger partial charge in [-0.3, -0.25) is 5.10 Å². The molecule has 0 unspecified atom stereocenters. The van der Waals surface area contributed by atoms with Crippen LogP contribution in [0.3, 0.4) is 0 Å². The third-order valence-electron chi connectivity index (χ3n) is 2.64. The highest BCUT2D eigenvalue weighted by Gasteiger charge is 2.64. The molecule has 0 aliphatic rings. The minimum atomic E-state index is -7.64. The third-order valence-corrected chi connectivity index (χ3v) is 7.84. The average Bonchev–Trinajstić information content (AvgIpc) is 2.76. The summed E-state index contributed by atoms with van der Waals surface area (Å²) in [5.74, 6) is -2.82. The van der Waals surface area contributed by atoms with Gasteiger partial charge >= 0.3 is 36.6 Å². The zero-order chi connectivity index (χ0) is 22.7. The van der Waals surface area contributed by atoms with Crippen LogP contribution in [0, 0.1) is 6.92 Å². The van der Waals surface area contributed by atoms with Crippen molar-refractivity contribution in [2.24, 2.45) is 0 Å². The maximum atomic E-state index is 12.7. The Hall–Kier alpha value is -1.77. The molecule has 0 spiro atoms. The number of hydrogen-bond acceptors (Lipinski definition) is 7. The highest BCUT2D eigenvalue weighted by Crippen LogP contribution is 2.43. The fourth-order valence-corrected chi connectivity index (χ4v) is 5.32. The lowest BCUT2D eigenvalue weighted by Gasteiger charge is -2.24. The number of aryl methyl sites for hydroxylation is 1.